The van der Waals surface area contributed by atoms with Crippen LogP contribution in [0.4, 0.5) is 0 Å². The fourth-order valence-corrected chi connectivity index (χ4v) is 2.24. The molecule has 0 aliphatic rings. The highest BCUT2D eigenvalue weighted by atomic mass is 35.5. The summed E-state index contributed by atoms with van der Waals surface area (Å²) in [7, 11) is 0. The van der Waals surface area contributed by atoms with Crippen LogP contribution in [0.5, 0.6) is 5.75 Å². The van der Waals surface area contributed by atoms with Crippen LogP contribution in [0.15, 0.2) is 42.7 Å². The minimum atomic E-state index is -1.01. The van der Waals surface area contributed by atoms with Gasteiger partial charge in [-0.3, -0.25) is 4.98 Å². The van der Waals surface area contributed by atoms with E-state index in [0.717, 1.165) is 17.5 Å². The smallest absolute Gasteiger partial charge is 0.137 e. The second-order valence-electron chi connectivity index (χ2n) is 5.33. The molecule has 1 atom stereocenters. The lowest BCUT2D eigenvalue weighted by molar-refractivity contribution is 0.0569. The van der Waals surface area contributed by atoms with Gasteiger partial charge in [0, 0.05) is 23.2 Å². The summed E-state index contributed by atoms with van der Waals surface area (Å²) < 4.78 is 5.57. The van der Waals surface area contributed by atoms with E-state index in [-0.39, 0.29) is 0 Å². The summed E-state index contributed by atoms with van der Waals surface area (Å²) >= 11 is 5.88. The summed E-state index contributed by atoms with van der Waals surface area (Å²) in [6.07, 6.45) is 4.76. The maximum atomic E-state index is 10.7. The number of nitrogens with zero attached hydrogens (tertiary/aromatic N) is 1. The molecule has 1 unspecified atom stereocenters. The average Bonchev–Trinajstić information content (AvgIpc) is 2.48. The highest BCUT2D eigenvalue weighted by Crippen LogP contribution is 2.27. The first-order chi connectivity index (χ1) is 10.0. The van der Waals surface area contributed by atoms with Gasteiger partial charge in [-0.2, -0.15) is 0 Å². The van der Waals surface area contributed by atoms with Gasteiger partial charge >= 0.3 is 0 Å². The molecule has 0 saturated heterocycles. The van der Waals surface area contributed by atoms with Gasteiger partial charge in [-0.25, -0.2) is 0 Å². The van der Waals surface area contributed by atoms with Gasteiger partial charge in [-0.05, 0) is 37.1 Å². The van der Waals surface area contributed by atoms with Crippen LogP contribution >= 0.6 is 11.6 Å². The van der Waals surface area contributed by atoms with Crippen LogP contribution in [0.25, 0.3) is 0 Å². The van der Waals surface area contributed by atoms with Crippen molar-refractivity contribution in [3.63, 3.8) is 0 Å². The lowest BCUT2D eigenvalue weighted by atomic mass is 9.90. The zero-order valence-electron chi connectivity index (χ0n) is 12.3. The maximum absolute atomic E-state index is 10.7. The van der Waals surface area contributed by atoms with Crippen molar-refractivity contribution in [1.29, 1.82) is 0 Å². The van der Waals surface area contributed by atoms with Crippen LogP contribution in [-0.4, -0.2) is 16.7 Å². The molecule has 0 bridgehead atoms. The number of hydrogen-bond donors (Lipinski definition) is 1. The van der Waals surface area contributed by atoms with Crippen molar-refractivity contribution in [2.75, 3.05) is 6.61 Å². The van der Waals surface area contributed by atoms with Crippen molar-refractivity contribution in [2.45, 2.75) is 32.3 Å². The first kappa shape index (κ1) is 15.8. The minimum Gasteiger partial charge on any atom is -0.492 e. The monoisotopic (exact) mass is 305 g/mol. The molecule has 0 spiro atoms. The Morgan fingerprint density at radius 3 is 2.62 bits per heavy atom. The number of pyridine rings is 1. The molecular weight excluding hydrogens is 286 g/mol. The molecular formula is C17H20ClNO2. The van der Waals surface area contributed by atoms with Gasteiger partial charge in [0.05, 0.1) is 18.4 Å². The molecule has 0 saturated carbocycles. The minimum absolute atomic E-state index is 0.489. The Balaban J connectivity index is 2.16. The van der Waals surface area contributed by atoms with Crippen LogP contribution in [0.2, 0.25) is 5.02 Å². The Kier molecular flexibility index (Phi) is 5.21. The van der Waals surface area contributed by atoms with Gasteiger partial charge in [-0.15, -0.1) is 0 Å². The summed E-state index contributed by atoms with van der Waals surface area (Å²) in [4.78, 5) is 4.15. The molecule has 0 radical (unpaired) electrons. The highest BCUT2D eigenvalue weighted by molar-refractivity contribution is 6.30. The SMILES string of the molecule is CCCOc1cncc(C(C)(O)Cc2ccc(Cl)cc2)c1. The first-order valence-electron chi connectivity index (χ1n) is 7.06. The van der Waals surface area contributed by atoms with Crippen molar-refractivity contribution in [3.05, 3.63) is 58.9 Å². The molecule has 21 heavy (non-hydrogen) atoms. The molecule has 0 aliphatic carbocycles. The van der Waals surface area contributed by atoms with Gasteiger partial charge in [0.25, 0.3) is 0 Å². The molecule has 0 aliphatic heterocycles. The zero-order chi connectivity index (χ0) is 15.3. The fraction of sp³-hybridized carbons (Fsp3) is 0.353. The molecule has 4 heteroatoms. The number of hydrogen-bond acceptors (Lipinski definition) is 3. The largest absolute Gasteiger partial charge is 0.492 e. The number of ether oxygens (including phenoxy) is 1. The van der Waals surface area contributed by atoms with E-state index in [2.05, 4.69) is 4.98 Å². The molecule has 1 heterocycles. The van der Waals surface area contributed by atoms with Crippen molar-refractivity contribution in [3.8, 4) is 5.75 Å². The summed E-state index contributed by atoms with van der Waals surface area (Å²) in [6, 6.07) is 9.33. The molecule has 1 N–H and O–H groups in total. The molecule has 0 fully saturated rings. The number of aliphatic hydroxyl groups is 1. The number of rotatable bonds is 6. The Hall–Kier alpha value is -1.58. The van der Waals surface area contributed by atoms with Crippen LogP contribution < -0.4 is 4.74 Å². The summed E-state index contributed by atoms with van der Waals surface area (Å²) in [5.41, 5.74) is 0.752. The van der Waals surface area contributed by atoms with E-state index in [1.165, 1.54) is 0 Å². The summed E-state index contributed by atoms with van der Waals surface area (Å²) in [6.45, 7) is 4.47. The molecule has 112 valence electrons. The Bertz CT molecular complexity index is 582. The second kappa shape index (κ2) is 6.92. The fourth-order valence-electron chi connectivity index (χ4n) is 2.11. The normalized spacial score (nSPS) is 13.7. The standard InChI is InChI=1S/C17H20ClNO2/c1-3-8-21-16-9-14(11-19-12-16)17(2,20)10-13-4-6-15(18)7-5-13/h4-7,9,11-12,20H,3,8,10H2,1-2H3. The molecule has 1 aromatic heterocycles. The van der Waals surface area contributed by atoms with E-state index in [0.29, 0.717) is 23.8 Å². The van der Waals surface area contributed by atoms with Crippen LogP contribution in [0, 0.1) is 0 Å². The number of halogens is 1. The topological polar surface area (TPSA) is 42.4 Å². The molecule has 2 rings (SSSR count). The van der Waals surface area contributed by atoms with Crippen molar-refractivity contribution in [2.24, 2.45) is 0 Å². The van der Waals surface area contributed by atoms with Gasteiger partial charge in [0.1, 0.15) is 5.75 Å². The van der Waals surface area contributed by atoms with E-state index in [1.807, 2.05) is 37.3 Å². The molecule has 1 aromatic carbocycles. The molecule has 0 amide bonds. The van der Waals surface area contributed by atoms with E-state index >= 15 is 0 Å². The van der Waals surface area contributed by atoms with Gasteiger partial charge in [0.15, 0.2) is 0 Å². The summed E-state index contributed by atoms with van der Waals surface area (Å²) in [5.74, 6) is 0.686. The van der Waals surface area contributed by atoms with Crippen molar-refractivity contribution < 1.29 is 9.84 Å². The van der Waals surface area contributed by atoms with Crippen molar-refractivity contribution in [1.82, 2.24) is 4.98 Å². The summed E-state index contributed by atoms with van der Waals surface area (Å²) in [5, 5.41) is 11.4. The Labute approximate surface area is 130 Å². The van der Waals surface area contributed by atoms with Gasteiger partial charge in [0.2, 0.25) is 0 Å². The van der Waals surface area contributed by atoms with E-state index < -0.39 is 5.60 Å². The third-order valence-electron chi connectivity index (χ3n) is 3.27. The molecule has 2 aromatic rings. The van der Waals surface area contributed by atoms with E-state index in [9.17, 15) is 5.11 Å². The van der Waals surface area contributed by atoms with Crippen LogP contribution in [0.3, 0.4) is 0 Å². The third-order valence-corrected chi connectivity index (χ3v) is 3.52. The second-order valence-corrected chi connectivity index (χ2v) is 5.77. The predicted molar refractivity (Wildman–Crippen MR) is 84.7 cm³/mol. The average molecular weight is 306 g/mol. The zero-order valence-corrected chi connectivity index (χ0v) is 13.1. The van der Waals surface area contributed by atoms with Crippen LogP contribution in [-0.2, 0) is 12.0 Å². The highest BCUT2D eigenvalue weighted by Gasteiger charge is 2.24. The first-order valence-corrected chi connectivity index (χ1v) is 7.44. The predicted octanol–water partition coefficient (Wildman–Crippen LogP) is 3.97. The van der Waals surface area contributed by atoms with Crippen molar-refractivity contribution >= 4 is 11.6 Å². The van der Waals surface area contributed by atoms with Crippen LogP contribution in [0.1, 0.15) is 31.4 Å². The maximum Gasteiger partial charge on any atom is 0.137 e. The lowest BCUT2D eigenvalue weighted by Crippen LogP contribution is -2.24. The quantitative estimate of drug-likeness (QED) is 0.878. The lowest BCUT2D eigenvalue weighted by Gasteiger charge is -2.24. The van der Waals surface area contributed by atoms with E-state index in [4.69, 9.17) is 16.3 Å². The number of benzene rings is 1. The Morgan fingerprint density at radius 1 is 1.24 bits per heavy atom. The van der Waals surface area contributed by atoms with E-state index in [1.54, 1.807) is 19.3 Å². The molecule has 3 nitrogen and oxygen atoms in total. The Morgan fingerprint density at radius 2 is 1.95 bits per heavy atom. The third kappa shape index (κ3) is 4.45. The van der Waals surface area contributed by atoms with Gasteiger partial charge < -0.3 is 9.84 Å². The number of aromatic nitrogens is 1. The van der Waals surface area contributed by atoms with Gasteiger partial charge in [-0.1, -0.05) is 30.7 Å².